The summed E-state index contributed by atoms with van der Waals surface area (Å²) in [5, 5.41) is 20.7. The van der Waals surface area contributed by atoms with Crippen molar-refractivity contribution in [3.63, 3.8) is 0 Å². The second-order valence-electron chi connectivity index (χ2n) is 9.95. The van der Waals surface area contributed by atoms with Gasteiger partial charge in [0.2, 0.25) is 11.2 Å². The van der Waals surface area contributed by atoms with Gasteiger partial charge in [-0.3, -0.25) is 19.3 Å². The number of phenolic OH excluding ortho intramolecular Hbond substituents is 1. The van der Waals surface area contributed by atoms with E-state index in [0.717, 1.165) is 18.7 Å². The molecule has 0 unspecified atom stereocenters. The number of phenols is 1. The fraction of sp³-hybridized carbons (Fsp3) is 0.393. The number of hydrogen-bond acceptors (Lipinski definition) is 9. The van der Waals surface area contributed by atoms with E-state index in [0.29, 0.717) is 36.9 Å². The Bertz CT molecular complexity index is 1480. The number of pyridine rings is 1. The molecule has 2 aromatic heterocycles. The highest BCUT2D eigenvalue weighted by atomic mass is 16.5. The van der Waals surface area contributed by atoms with Crippen LogP contribution in [0.5, 0.6) is 17.2 Å². The van der Waals surface area contributed by atoms with Crippen LogP contribution in [0.3, 0.4) is 0 Å². The summed E-state index contributed by atoms with van der Waals surface area (Å²) in [6, 6.07) is 11.2. The van der Waals surface area contributed by atoms with Gasteiger partial charge in [0.15, 0.2) is 17.3 Å². The number of esters is 1. The second-order valence-corrected chi connectivity index (χ2v) is 9.95. The summed E-state index contributed by atoms with van der Waals surface area (Å²) in [4.78, 5) is 39.6. The lowest BCUT2D eigenvalue weighted by Crippen LogP contribution is -2.46. The molecule has 10 heteroatoms. The first-order chi connectivity index (χ1) is 18.3. The van der Waals surface area contributed by atoms with Crippen molar-refractivity contribution in [3.05, 3.63) is 85.8 Å². The number of carbonyl (C=O) groups excluding carboxylic acids is 1. The Morgan fingerprint density at radius 1 is 1.11 bits per heavy atom. The third-order valence-corrected chi connectivity index (χ3v) is 7.46. The molecule has 0 spiro atoms. The molecule has 1 saturated heterocycles. The summed E-state index contributed by atoms with van der Waals surface area (Å²) >= 11 is 0. The van der Waals surface area contributed by atoms with Crippen LogP contribution in [0.25, 0.3) is 0 Å². The zero-order valence-corrected chi connectivity index (χ0v) is 21.3. The zero-order valence-electron chi connectivity index (χ0n) is 21.3. The highest BCUT2D eigenvalue weighted by Crippen LogP contribution is 2.39. The van der Waals surface area contributed by atoms with Crippen molar-refractivity contribution in [2.75, 3.05) is 27.3 Å². The van der Waals surface area contributed by atoms with Crippen molar-refractivity contribution < 1.29 is 28.9 Å². The maximum atomic E-state index is 12.8. The Kier molecular flexibility index (Phi) is 6.98. The molecule has 1 aromatic carbocycles. The third-order valence-electron chi connectivity index (χ3n) is 7.46. The molecular formula is C28H30N2O8. The number of carbonyl (C=O) groups is 1. The van der Waals surface area contributed by atoms with E-state index < -0.39 is 23.1 Å². The maximum absolute atomic E-state index is 12.8. The normalized spacial score (nSPS) is 19.4. The van der Waals surface area contributed by atoms with Crippen LogP contribution in [0.2, 0.25) is 0 Å². The molecule has 2 aliphatic heterocycles. The maximum Gasteiger partial charge on any atom is 0.306 e. The number of likely N-dealkylation sites (tertiary alicyclic amines) is 1. The average molecular weight is 523 g/mol. The molecule has 5 rings (SSSR count). The largest absolute Gasteiger partial charge is 0.504 e. The van der Waals surface area contributed by atoms with E-state index in [1.54, 1.807) is 18.2 Å². The van der Waals surface area contributed by atoms with Crippen molar-refractivity contribution in [3.8, 4) is 17.2 Å². The van der Waals surface area contributed by atoms with E-state index in [2.05, 4.69) is 4.90 Å². The van der Waals surface area contributed by atoms with Crippen LogP contribution in [0, 0.1) is 5.92 Å². The number of nitrogens with zero attached hydrogens (tertiary/aromatic N) is 2. The summed E-state index contributed by atoms with van der Waals surface area (Å²) in [7, 11) is 2.65. The Balaban J connectivity index is 1.47. The molecule has 0 saturated carbocycles. The zero-order chi connectivity index (χ0) is 27.0. The van der Waals surface area contributed by atoms with E-state index in [4.69, 9.17) is 13.9 Å². The van der Waals surface area contributed by atoms with E-state index in [1.165, 1.54) is 32.4 Å². The molecule has 0 aliphatic carbocycles. The minimum Gasteiger partial charge on any atom is -0.504 e. The van der Waals surface area contributed by atoms with Gasteiger partial charge in [0.1, 0.15) is 5.76 Å². The molecule has 200 valence electrons. The smallest absolute Gasteiger partial charge is 0.306 e. The molecular weight excluding hydrogens is 492 g/mol. The van der Waals surface area contributed by atoms with Crippen molar-refractivity contribution >= 4 is 5.97 Å². The predicted octanol–water partition coefficient (Wildman–Crippen LogP) is 2.54. The van der Waals surface area contributed by atoms with Gasteiger partial charge in [-0.2, -0.15) is 0 Å². The van der Waals surface area contributed by atoms with Gasteiger partial charge in [-0.1, -0.05) is 12.1 Å². The highest BCUT2D eigenvalue weighted by molar-refractivity contribution is 5.71. The molecule has 0 radical (unpaired) electrons. The number of hydrogen-bond donors (Lipinski definition) is 2. The van der Waals surface area contributed by atoms with Gasteiger partial charge < -0.3 is 28.7 Å². The van der Waals surface area contributed by atoms with E-state index in [9.17, 15) is 24.6 Å². The number of ether oxygens (including phenoxy) is 2. The highest BCUT2D eigenvalue weighted by Gasteiger charge is 2.35. The lowest BCUT2D eigenvalue weighted by Gasteiger charge is -2.42. The lowest BCUT2D eigenvalue weighted by atomic mass is 9.83. The van der Waals surface area contributed by atoms with Crippen LogP contribution in [0.4, 0.5) is 0 Å². The van der Waals surface area contributed by atoms with Crippen LogP contribution in [0.15, 0.2) is 56.5 Å². The quantitative estimate of drug-likeness (QED) is 0.449. The third kappa shape index (κ3) is 4.91. The fourth-order valence-electron chi connectivity index (χ4n) is 5.74. The van der Waals surface area contributed by atoms with Gasteiger partial charge in [0.25, 0.3) is 5.56 Å². The number of rotatable bonds is 7. The van der Waals surface area contributed by atoms with E-state index in [1.807, 2.05) is 10.6 Å². The predicted molar refractivity (Wildman–Crippen MR) is 137 cm³/mol. The number of methoxy groups -OCH3 is 2. The summed E-state index contributed by atoms with van der Waals surface area (Å²) in [5.41, 5.74) is 0.916. The van der Waals surface area contributed by atoms with Crippen LogP contribution in [-0.2, 0) is 22.6 Å². The topological polar surface area (TPSA) is 131 Å². The fourth-order valence-corrected chi connectivity index (χ4v) is 5.74. The Hall–Kier alpha value is -4.05. The number of aromatic hydroxyl groups is 2. The molecule has 3 aromatic rings. The van der Waals surface area contributed by atoms with Gasteiger partial charge in [-0.05, 0) is 36.1 Å². The van der Waals surface area contributed by atoms with Gasteiger partial charge in [0, 0.05) is 43.4 Å². The first-order valence-corrected chi connectivity index (χ1v) is 12.5. The minimum atomic E-state index is -0.857. The molecule has 4 heterocycles. The van der Waals surface area contributed by atoms with Crippen molar-refractivity contribution in [1.29, 1.82) is 0 Å². The first-order valence-electron chi connectivity index (χ1n) is 12.5. The molecule has 2 bridgehead atoms. The number of aromatic nitrogens is 1. The Morgan fingerprint density at radius 2 is 1.92 bits per heavy atom. The summed E-state index contributed by atoms with van der Waals surface area (Å²) in [6.45, 7) is 2.41. The number of piperidine rings is 1. The van der Waals surface area contributed by atoms with Crippen molar-refractivity contribution in [1.82, 2.24) is 9.47 Å². The van der Waals surface area contributed by atoms with E-state index in [-0.39, 0.29) is 35.2 Å². The molecule has 38 heavy (non-hydrogen) atoms. The van der Waals surface area contributed by atoms with Crippen LogP contribution in [-0.4, -0.2) is 53.0 Å². The molecule has 2 aliphatic rings. The Morgan fingerprint density at radius 3 is 2.68 bits per heavy atom. The first kappa shape index (κ1) is 25.6. The van der Waals surface area contributed by atoms with Crippen molar-refractivity contribution in [2.24, 2.45) is 5.92 Å². The molecule has 3 atom stereocenters. The molecule has 2 N–H and O–H groups in total. The number of benzene rings is 1. The van der Waals surface area contributed by atoms with E-state index >= 15 is 0 Å². The van der Waals surface area contributed by atoms with Gasteiger partial charge >= 0.3 is 5.97 Å². The van der Waals surface area contributed by atoms with Gasteiger partial charge in [-0.15, -0.1) is 0 Å². The van der Waals surface area contributed by atoms with Crippen LogP contribution < -0.4 is 15.7 Å². The summed E-state index contributed by atoms with van der Waals surface area (Å²) in [5.74, 6) is -1.14. The molecule has 10 nitrogen and oxygen atoms in total. The minimum absolute atomic E-state index is 0.0160. The molecule has 1 fully saturated rings. The van der Waals surface area contributed by atoms with Gasteiger partial charge in [0.05, 0.1) is 33.1 Å². The summed E-state index contributed by atoms with van der Waals surface area (Å²) < 4.78 is 18.0. The second kappa shape index (κ2) is 10.4. The van der Waals surface area contributed by atoms with Crippen molar-refractivity contribution in [2.45, 2.75) is 37.8 Å². The SMILES string of the molecule is COC(=O)C[C@H](c1ccc(O)c(OC)c1)c1oc(CN2C[C@H]3C[C@@H](C2)c2cccc(=O)n2C3)cc(=O)c1O. The van der Waals surface area contributed by atoms with Gasteiger partial charge in [-0.25, -0.2) is 0 Å². The standard InChI is InChI=1S/C28H30N2O8/c1-36-24-9-17(6-7-22(24)31)20(11-26(34)37-2)28-27(35)23(32)10-19(38-28)15-29-12-16-8-18(14-29)21-4-3-5-25(33)30(21)13-16/h3-7,9-10,16,18,20,31,35H,8,11-15H2,1-2H3/t16-,18+,20-/m1/s1. The Labute approximate surface area is 218 Å². The average Bonchev–Trinajstić information content (AvgIpc) is 2.90. The van der Waals surface area contributed by atoms with Crippen LogP contribution >= 0.6 is 0 Å². The lowest BCUT2D eigenvalue weighted by molar-refractivity contribution is -0.140. The van der Waals surface area contributed by atoms with Crippen LogP contribution in [0.1, 0.15) is 47.5 Å². The molecule has 0 amide bonds. The summed E-state index contributed by atoms with van der Waals surface area (Å²) in [6.07, 6.45) is 0.790. The number of fused-ring (bicyclic) bond motifs is 4. The monoisotopic (exact) mass is 522 g/mol.